The average Bonchev–Trinajstić information content (AvgIpc) is 2.22. The predicted molar refractivity (Wildman–Crippen MR) is 62.5 cm³/mol. The van der Waals surface area contributed by atoms with E-state index in [4.69, 9.17) is 11.6 Å². The Morgan fingerprint density at radius 1 is 1.39 bits per heavy atom. The molecule has 0 N–H and O–H groups in total. The third-order valence-corrected chi connectivity index (χ3v) is 2.99. The molecule has 2 heterocycles. The lowest BCUT2D eigenvalue weighted by atomic mass is 10.3. The molecule has 2 aromatic heterocycles. The molecule has 96 valence electrons. The summed E-state index contributed by atoms with van der Waals surface area (Å²) in [4.78, 5) is 18.9. The number of fused-ring (bicyclic) bond motifs is 1. The van der Waals surface area contributed by atoms with E-state index < -0.39 is 17.6 Å². The highest BCUT2D eigenvalue weighted by Gasteiger charge is 2.36. The van der Waals surface area contributed by atoms with E-state index in [0.29, 0.717) is 4.57 Å². The molecular formula is C9H4BrClF3N3O. The SMILES string of the molecule is Cn1c(C(F)(F)F)nc2c(Br)nc(Cl)cc2c1=O. The Bertz CT molecular complexity index is 698. The third kappa shape index (κ3) is 2.10. The van der Waals surface area contributed by atoms with Crippen LogP contribution in [0, 0.1) is 0 Å². The largest absolute Gasteiger partial charge is 0.449 e. The maximum atomic E-state index is 12.7. The molecule has 4 nitrogen and oxygen atoms in total. The molecule has 0 saturated carbocycles. The Morgan fingerprint density at radius 2 is 2.00 bits per heavy atom. The molecule has 9 heteroatoms. The van der Waals surface area contributed by atoms with Crippen molar-refractivity contribution < 1.29 is 13.2 Å². The van der Waals surface area contributed by atoms with Crippen molar-refractivity contribution in [3.63, 3.8) is 0 Å². The minimum Gasteiger partial charge on any atom is -0.292 e. The summed E-state index contributed by atoms with van der Waals surface area (Å²) < 4.78 is 38.5. The van der Waals surface area contributed by atoms with E-state index in [-0.39, 0.29) is 20.7 Å². The molecule has 0 unspecified atom stereocenters. The van der Waals surface area contributed by atoms with Gasteiger partial charge >= 0.3 is 6.18 Å². The molecule has 0 spiro atoms. The van der Waals surface area contributed by atoms with Gasteiger partial charge in [-0.05, 0) is 22.0 Å². The average molecular weight is 343 g/mol. The Balaban J connectivity index is 2.98. The second-order valence-corrected chi connectivity index (χ2v) is 4.57. The monoisotopic (exact) mass is 341 g/mol. The fraction of sp³-hybridized carbons (Fsp3) is 0.222. The molecule has 0 aliphatic rings. The zero-order valence-corrected chi connectivity index (χ0v) is 11.1. The Kier molecular flexibility index (Phi) is 3.10. The number of nitrogens with zero attached hydrogens (tertiary/aromatic N) is 3. The number of hydrogen-bond acceptors (Lipinski definition) is 3. The second kappa shape index (κ2) is 4.20. The highest BCUT2D eigenvalue weighted by Crippen LogP contribution is 2.29. The standard InChI is InChI=1S/C9H4BrClF3N3O/c1-17-7(18)3-2-4(11)15-6(10)5(3)16-8(17)9(12,13)14/h2H,1H3. The van der Waals surface area contributed by atoms with Gasteiger partial charge in [0.15, 0.2) is 0 Å². The molecule has 0 amide bonds. The summed E-state index contributed by atoms with van der Waals surface area (Å²) >= 11 is 8.57. The summed E-state index contributed by atoms with van der Waals surface area (Å²) in [6.45, 7) is 0. The molecule has 0 aromatic carbocycles. The van der Waals surface area contributed by atoms with Crippen LogP contribution in [-0.4, -0.2) is 14.5 Å². The number of rotatable bonds is 0. The zero-order chi connectivity index (χ0) is 13.7. The number of alkyl halides is 3. The lowest BCUT2D eigenvalue weighted by Gasteiger charge is -2.12. The van der Waals surface area contributed by atoms with Gasteiger partial charge in [0.1, 0.15) is 15.3 Å². The first-order valence-corrected chi connectivity index (χ1v) is 5.69. The molecular weight excluding hydrogens is 338 g/mol. The first kappa shape index (κ1) is 13.3. The third-order valence-electron chi connectivity index (χ3n) is 2.24. The molecule has 0 radical (unpaired) electrons. The quantitative estimate of drug-likeness (QED) is 0.692. The summed E-state index contributed by atoms with van der Waals surface area (Å²) in [5, 5.41) is -0.0367. The smallest absolute Gasteiger partial charge is 0.292 e. The maximum absolute atomic E-state index is 12.7. The van der Waals surface area contributed by atoms with Gasteiger partial charge in [0.2, 0.25) is 5.82 Å². The van der Waals surface area contributed by atoms with Crippen molar-refractivity contribution in [3.8, 4) is 0 Å². The van der Waals surface area contributed by atoms with Gasteiger partial charge in [0.25, 0.3) is 5.56 Å². The minimum atomic E-state index is -4.72. The van der Waals surface area contributed by atoms with E-state index >= 15 is 0 Å². The molecule has 0 saturated heterocycles. The van der Waals surface area contributed by atoms with Crippen molar-refractivity contribution in [2.75, 3.05) is 0 Å². The molecule has 0 atom stereocenters. The molecule has 0 bridgehead atoms. The molecule has 0 aliphatic heterocycles. The van der Waals surface area contributed by atoms with Gasteiger partial charge in [-0.2, -0.15) is 13.2 Å². The number of halogens is 5. The van der Waals surface area contributed by atoms with Crippen molar-refractivity contribution in [1.29, 1.82) is 0 Å². The van der Waals surface area contributed by atoms with Crippen molar-refractivity contribution in [3.05, 3.63) is 32.0 Å². The van der Waals surface area contributed by atoms with Crippen LogP contribution < -0.4 is 5.56 Å². The van der Waals surface area contributed by atoms with Gasteiger partial charge in [-0.25, -0.2) is 9.97 Å². The normalized spacial score (nSPS) is 12.1. The zero-order valence-electron chi connectivity index (χ0n) is 8.72. The summed E-state index contributed by atoms with van der Waals surface area (Å²) in [6.07, 6.45) is -4.72. The first-order valence-electron chi connectivity index (χ1n) is 4.52. The highest BCUT2D eigenvalue weighted by molar-refractivity contribution is 9.10. The van der Waals surface area contributed by atoms with Crippen LogP contribution in [0.15, 0.2) is 15.5 Å². The number of aromatic nitrogens is 3. The van der Waals surface area contributed by atoms with Crippen LogP contribution in [0.25, 0.3) is 10.9 Å². The van der Waals surface area contributed by atoms with Gasteiger partial charge in [-0.15, -0.1) is 0 Å². The second-order valence-electron chi connectivity index (χ2n) is 3.43. The molecule has 2 rings (SSSR count). The van der Waals surface area contributed by atoms with Crippen molar-refractivity contribution in [2.24, 2.45) is 7.05 Å². The van der Waals surface area contributed by atoms with Crippen LogP contribution in [0.1, 0.15) is 5.82 Å². The highest BCUT2D eigenvalue weighted by atomic mass is 79.9. The van der Waals surface area contributed by atoms with Crippen molar-refractivity contribution in [1.82, 2.24) is 14.5 Å². The van der Waals surface area contributed by atoms with Crippen LogP contribution in [0.3, 0.4) is 0 Å². The van der Waals surface area contributed by atoms with E-state index in [2.05, 4.69) is 25.9 Å². The maximum Gasteiger partial charge on any atom is 0.449 e. The van der Waals surface area contributed by atoms with Gasteiger partial charge in [0.05, 0.1) is 5.39 Å². The van der Waals surface area contributed by atoms with Crippen LogP contribution in [0.5, 0.6) is 0 Å². The lowest BCUT2D eigenvalue weighted by molar-refractivity contribution is -0.147. The Morgan fingerprint density at radius 3 is 2.56 bits per heavy atom. The van der Waals surface area contributed by atoms with E-state index in [1.54, 1.807) is 0 Å². The number of pyridine rings is 1. The molecule has 0 fully saturated rings. The van der Waals surface area contributed by atoms with E-state index in [9.17, 15) is 18.0 Å². The van der Waals surface area contributed by atoms with E-state index in [1.807, 2.05) is 0 Å². The van der Waals surface area contributed by atoms with E-state index in [0.717, 1.165) is 7.05 Å². The summed E-state index contributed by atoms with van der Waals surface area (Å²) in [7, 11) is 1.000. The van der Waals surface area contributed by atoms with Gasteiger partial charge < -0.3 is 0 Å². The van der Waals surface area contributed by atoms with Crippen LogP contribution >= 0.6 is 27.5 Å². The predicted octanol–water partition coefficient (Wildman–Crippen LogP) is 2.76. The van der Waals surface area contributed by atoms with Crippen LogP contribution in [0.4, 0.5) is 13.2 Å². The Hall–Kier alpha value is -1.15. The van der Waals surface area contributed by atoms with E-state index in [1.165, 1.54) is 6.07 Å². The molecule has 18 heavy (non-hydrogen) atoms. The van der Waals surface area contributed by atoms with Gasteiger partial charge in [-0.3, -0.25) is 9.36 Å². The Labute approximate surface area is 112 Å². The summed E-state index contributed by atoms with van der Waals surface area (Å²) in [5.74, 6) is -1.29. The number of hydrogen-bond donors (Lipinski definition) is 0. The van der Waals surface area contributed by atoms with Gasteiger partial charge in [0, 0.05) is 7.05 Å². The fourth-order valence-electron chi connectivity index (χ4n) is 1.46. The van der Waals surface area contributed by atoms with Crippen molar-refractivity contribution in [2.45, 2.75) is 6.18 Å². The van der Waals surface area contributed by atoms with Gasteiger partial charge in [-0.1, -0.05) is 11.6 Å². The molecule has 2 aromatic rings. The van der Waals surface area contributed by atoms with Crippen LogP contribution in [-0.2, 0) is 13.2 Å². The topological polar surface area (TPSA) is 47.8 Å². The lowest BCUT2D eigenvalue weighted by Crippen LogP contribution is -2.27. The first-order chi connectivity index (χ1) is 8.21. The van der Waals surface area contributed by atoms with Crippen LogP contribution in [0.2, 0.25) is 5.15 Å². The molecule has 0 aliphatic carbocycles. The summed E-state index contributed by atoms with van der Waals surface area (Å²) in [5.41, 5.74) is -1.01. The fourth-order valence-corrected chi connectivity index (χ4v) is 2.25. The minimum absolute atomic E-state index is 0.00630. The van der Waals surface area contributed by atoms with Crippen molar-refractivity contribution >= 4 is 38.4 Å². The summed E-state index contributed by atoms with van der Waals surface area (Å²) in [6, 6.07) is 1.18.